The van der Waals surface area contributed by atoms with Crippen LogP contribution in [-0.2, 0) is 0 Å². The van der Waals surface area contributed by atoms with Crippen molar-refractivity contribution < 1.29 is 14.4 Å². The summed E-state index contributed by atoms with van der Waals surface area (Å²) >= 11 is 0. The normalized spacial score (nSPS) is 16.5. The maximum Gasteiger partial charge on any atom is 0.269 e. The number of amidine groups is 1. The topological polar surface area (TPSA) is 103 Å². The molecule has 8 nitrogen and oxygen atoms in total. The van der Waals surface area contributed by atoms with E-state index in [0.717, 1.165) is 11.3 Å². The van der Waals surface area contributed by atoms with E-state index in [-0.39, 0.29) is 11.7 Å². The summed E-state index contributed by atoms with van der Waals surface area (Å²) in [4.78, 5) is 10.4. The molecule has 0 radical (unpaired) electrons. The zero-order valence-corrected chi connectivity index (χ0v) is 13.9. The number of nitrogens with two attached hydrogens (primary N) is 1. The minimum Gasteiger partial charge on any atom is -0.493 e. The molecule has 130 valence electrons. The van der Waals surface area contributed by atoms with Gasteiger partial charge in [-0.1, -0.05) is 6.07 Å². The van der Waals surface area contributed by atoms with Crippen LogP contribution in [0.25, 0.3) is 0 Å². The van der Waals surface area contributed by atoms with E-state index in [0.29, 0.717) is 23.8 Å². The van der Waals surface area contributed by atoms with Crippen LogP contribution in [-0.4, -0.2) is 25.0 Å². The molecule has 0 unspecified atom stereocenters. The van der Waals surface area contributed by atoms with Gasteiger partial charge in [0.05, 0.1) is 30.9 Å². The molecule has 1 heterocycles. The molecule has 2 N–H and O–H groups in total. The molecule has 1 aliphatic rings. The van der Waals surface area contributed by atoms with E-state index in [1.165, 1.54) is 12.1 Å². The molecular formula is C17H18N4O4. The third-order valence-corrected chi connectivity index (χ3v) is 4.05. The van der Waals surface area contributed by atoms with Gasteiger partial charge in [0.25, 0.3) is 5.69 Å². The molecule has 0 amide bonds. The number of non-ortho nitro benzene ring substituents is 1. The molecule has 1 atom stereocenters. The molecule has 3 rings (SSSR count). The smallest absolute Gasteiger partial charge is 0.269 e. The lowest BCUT2D eigenvalue weighted by atomic mass is 10.0. The average Bonchev–Trinajstić information content (AvgIpc) is 3.03. The van der Waals surface area contributed by atoms with E-state index < -0.39 is 4.92 Å². The molecule has 0 aliphatic carbocycles. The van der Waals surface area contributed by atoms with Gasteiger partial charge in [-0.05, 0) is 29.8 Å². The molecule has 0 saturated carbocycles. The fraction of sp³-hybridized carbons (Fsp3) is 0.235. The lowest BCUT2D eigenvalue weighted by molar-refractivity contribution is -0.384. The fourth-order valence-corrected chi connectivity index (χ4v) is 2.82. The number of nitrogens with zero attached hydrogens (tertiary/aromatic N) is 3. The van der Waals surface area contributed by atoms with Gasteiger partial charge in [-0.15, -0.1) is 0 Å². The van der Waals surface area contributed by atoms with Gasteiger partial charge >= 0.3 is 0 Å². The third kappa shape index (κ3) is 3.18. The number of hydrogen-bond donors (Lipinski definition) is 1. The number of hydrogen-bond acceptors (Lipinski definition) is 7. The molecule has 0 bridgehead atoms. The molecule has 25 heavy (non-hydrogen) atoms. The summed E-state index contributed by atoms with van der Waals surface area (Å²) in [5, 5.41) is 17.0. The number of ether oxygens (including phenoxy) is 2. The minimum absolute atomic E-state index is 0.0302. The van der Waals surface area contributed by atoms with Crippen LogP contribution in [0.1, 0.15) is 18.0 Å². The minimum atomic E-state index is -0.433. The summed E-state index contributed by atoms with van der Waals surface area (Å²) in [6, 6.07) is 11.7. The first kappa shape index (κ1) is 16.6. The zero-order chi connectivity index (χ0) is 18.0. The number of nitro groups is 1. The molecule has 8 heteroatoms. The molecule has 0 spiro atoms. The second kappa shape index (κ2) is 6.68. The van der Waals surface area contributed by atoms with Gasteiger partial charge in [0.2, 0.25) is 0 Å². The summed E-state index contributed by atoms with van der Waals surface area (Å²) in [5.41, 5.74) is 7.66. The number of rotatable bonds is 5. The number of nitro benzene ring substituents is 1. The molecule has 1 aliphatic heterocycles. The van der Waals surface area contributed by atoms with Crippen molar-refractivity contribution in [3.63, 3.8) is 0 Å². The molecular weight excluding hydrogens is 324 g/mol. The van der Waals surface area contributed by atoms with E-state index >= 15 is 0 Å². The van der Waals surface area contributed by atoms with Crippen molar-refractivity contribution in [1.29, 1.82) is 0 Å². The van der Waals surface area contributed by atoms with Crippen LogP contribution in [0.3, 0.4) is 0 Å². The highest BCUT2D eigenvalue weighted by atomic mass is 16.6. The molecule has 2 aromatic rings. The Balaban J connectivity index is 1.94. The Hall–Kier alpha value is -3.29. The Kier molecular flexibility index (Phi) is 4.42. The summed E-state index contributed by atoms with van der Waals surface area (Å²) in [6.45, 7) is 0. The van der Waals surface area contributed by atoms with Crippen LogP contribution < -0.4 is 20.2 Å². The fourth-order valence-electron chi connectivity index (χ4n) is 2.82. The van der Waals surface area contributed by atoms with Crippen molar-refractivity contribution in [3.8, 4) is 11.5 Å². The highest BCUT2D eigenvalue weighted by molar-refractivity contribution is 5.85. The molecule has 0 saturated heterocycles. The first-order valence-electron chi connectivity index (χ1n) is 7.62. The van der Waals surface area contributed by atoms with Crippen LogP contribution in [0, 0.1) is 10.1 Å². The maximum atomic E-state index is 10.8. The second-order valence-corrected chi connectivity index (χ2v) is 5.54. The molecule has 0 aromatic heterocycles. The Bertz CT molecular complexity index is 820. The second-order valence-electron chi connectivity index (χ2n) is 5.54. The van der Waals surface area contributed by atoms with Crippen LogP contribution in [0.2, 0.25) is 0 Å². The van der Waals surface area contributed by atoms with Crippen molar-refractivity contribution in [3.05, 3.63) is 58.1 Å². The van der Waals surface area contributed by atoms with Crippen molar-refractivity contribution in [2.75, 3.05) is 19.2 Å². The van der Waals surface area contributed by atoms with Gasteiger partial charge in [-0.25, -0.2) is 0 Å². The largest absolute Gasteiger partial charge is 0.493 e. The first-order chi connectivity index (χ1) is 12.0. The van der Waals surface area contributed by atoms with E-state index in [4.69, 9.17) is 15.2 Å². The van der Waals surface area contributed by atoms with Crippen LogP contribution in [0.15, 0.2) is 47.6 Å². The predicted octanol–water partition coefficient (Wildman–Crippen LogP) is 2.84. The molecule has 0 fully saturated rings. The Morgan fingerprint density at radius 3 is 2.44 bits per heavy atom. The van der Waals surface area contributed by atoms with E-state index in [1.807, 2.05) is 18.2 Å². The summed E-state index contributed by atoms with van der Waals surface area (Å²) in [7, 11) is 3.16. The van der Waals surface area contributed by atoms with Crippen molar-refractivity contribution in [1.82, 2.24) is 0 Å². The van der Waals surface area contributed by atoms with Gasteiger partial charge in [0.1, 0.15) is 5.84 Å². The van der Waals surface area contributed by atoms with Crippen LogP contribution in [0.4, 0.5) is 11.4 Å². The Morgan fingerprint density at radius 2 is 1.84 bits per heavy atom. The van der Waals surface area contributed by atoms with Crippen molar-refractivity contribution in [2.24, 2.45) is 10.8 Å². The summed E-state index contributed by atoms with van der Waals surface area (Å²) in [5.74, 6) is 1.76. The van der Waals surface area contributed by atoms with Gasteiger partial charge in [-0.2, -0.15) is 5.10 Å². The van der Waals surface area contributed by atoms with Crippen LogP contribution in [0.5, 0.6) is 11.5 Å². The third-order valence-electron chi connectivity index (χ3n) is 4.05. The van der Waals surface area contributed by atoms with E-state index in [9.17, 15) is 10.1 Å². The van der Waals surface area contributed by atoms with Gasteiger partial charge in [0.15, 0.2) is 11.5 Å². The lowest BCUT2D eigenvalue weighted by Crippen LogP contribution is -2.18. The highest BCUT2D eigenvalue weighted by Crippen LogP contribution is 2.38. The Morgan fingerprint density at radius 1 is 1.16 bits per heavy atom. The van der Waals surface area contributed by atoms with Crippen LogP contribution >= 0.6 is 0 Å². The average molecular weight is 342 g/mol. The number of anilines is 1. The zero-order valence-electron chi connectivity index (χ0n) is 13.9. The van der Waals surface area contributed by atoms with Gasteiger partial charge in [-0.3, -0.25) is 15.1 Å². The molecule has 2 aromatic carbocycles. The quantitative estimate of drug-likeness (QED) is 0.662. The summed E-state index contributed by atoms with van der Waals surface area (Å²) in [6.07, 6.45) is 0.548. The van der Waals surface area contributed by atoms with Gasteiger partial charge < -0.3 is 15.2 Å². The monoisotopic (exact) mass is 342 g/mol. The Labute approximate surface area is 144 Å². The van der Waals surface area contributed by atoms with E-state index in [1.54, 1.807) is 31.4 Å². The number of benzene rings is 2. The maximum absolute atomic E-state index is 10.8. The lowest BCUT2D eigenvalue weighted by Gasteiger charge is -2.24. The van der Waals surface area contributed by atoms with Crippen molar-refractivity contribution in [2.45, 2.75) is 12.5 Å². The SMILES string of the molecule is COc1ccc([C@H]2CC(N)=NN2c2ccc([N+](=O)[O-])cc2)cc1OC. The van der Waals surface area contributed by atoms with Gasteiger partial charge in [0, 0.05) is 18.6 Å². The predicted molar refractivity (Wildman–Crippen MR) is 94.1 cm³/mol. The van der Waals surface area contributed by atoms with E-state index in [2.05, 4.69) is 5.10 Å². The summed E-state index contributed by atoms with van der Waals surface area (Å²) < 4.78 is 10.6. The van der Waals surface area contributed by atoms with Crippen molar-refractivity contribution >= 4 is 17.2 Å². The highest BCUT2D eigenvalue weighted by Gasteiger charge is 2.29. The first-order valence-corrected chi connectivity index (χ1v) is 7.62. The number of hydrazone groups is 1. The number of methoxy groups -OCH3 is 2. The standard InChI is InChI=1S/C17H18N4O4/c1-24-15-8-3-11(9-16(15)25-2)14-10-17(18)19-20(14)12-4-6-13(7-5-12)21(22)23/h3-9,14H,10H2,1-2H3,(H2,18,19)/t14-/m1/s1.